The number of aromatic amines is 1. The number of nitrogens with zero attached hydrogens (tertiary/aromatic N) is 2. The van der Waals surface area contributed by atoms with Gasteiger partial charge in [-0.1, -0.05) is 20.8 Å². The van der Waals surface area contributed by atoms with Crippen LogP contribution in [-0.4, -0.2) is 59.4 Å². The van der Waals surface area contributed by atoms with Gasteiger partial charge in [-0.2, -0.15) is 0 Å². The lowest BCUT2D eigenvalue weighted by atomic mass is 9.97. The molecule has 1 fully saturated rings. The maximum atomic E-state index is 12.2. The average molecular weight is 306 g/mol. The molecule has 3 amide bonds. The molecule has 1 aliphatic heterocycles. The quantitative estimate of drug-likeness (QED) is 0.887. The van der Waals surface area contributed by atoms with Gasteiger partial charge in [0.15, 0.2) is 0 Å². The van der Waals surface area contributed by atoms with Crippen LogP contribution in [0.2, 0.25) is 0 Å². The van der Waals surface area contributed by atoms with Crippen molar-refractivity contribution >= 4 is 11.9 Å². The van der Waals surface area contributed by atoms with Gasteiger partial charge in [-0.15, -0.1) is 0 Å². The molecule has 22 heavy (non-hydrogen) atoms. The van der Waals surface area contributed by atoms with Crippen LogP contribution in [0.15, 0.2) is 18.5 Å². The predicted molar refractivity (Wildman–Crippen MR) is 85.5 cm³/mol. The molecule has 2 N–H and O–H groups in total. The Labute approximate surface area is 131 Å². The minimum Gasteiger partial charge on any atom is -0.367 e. The normalized spacial score (nSPS) is 15.8. The predicted octanol–water partition coefficient (Wildman–Crippen LogP) is 1.46. The van der Waals surface area contributed by atoms with Crippen molar-refractivity contribution in [1.82, 2.24) is 20.1 Å². The number of hydrogen-bond acceptors (Lipinski definition) is 2. The zero-order chi connectivity index (χ0) is 16.2. The fraction of sp³-hybridized carbons (Fsp3) is 0.625. The maximum absolute atomic E-state index is 12.2. The van der Waals surface area contributed by atoms with Crippen molar-refractivity contribution in [3.8, 4) is 0 Å². The molecule has 6 nitrogen and oxygen atoms in total. The van der Waals surface area contributed by atoms with Gasteiger partial charge in [0.1, 0.15) is 0 Å². The number of aromatic nitrogens is 1. The molecule has 0 unspecified atom stereocenters. The van der Waals surface area contributed by atoms with E-state index in [4.69, 9.17) is 0 Å². The summed E-state index contributed by atoms with van der Waals surface area (Å²) in [7, 11) is 0. The lowest BCUT2D eigenvalue weighted by Crippen LogP contribution is -2.54. The second-order valence-electron chi connectivity index (χ2n) is 6.98. The summed E-state index contributed by atoms with van der Waals surface area (Å²) in [4.78, 5) is 30.8. The van der Waals surface area contributed by atoms with Crippen molar-refractivity contribution in [3.63, 3.8) is 0 Å². The Balaban J connectivity index is 1.75. The van der Waals surface area contributed by atoms with E-state index in [0.29, 0.717) is 39.1 Å². The monoisotopic (exact) mass is 306 g/mol. The van der Waals surface area contributed by atoms with Crippen molar-refractivity contribution in [1.29, 1.82) is 0 Å². The molecule has 0 bridgehead atoms. The highest BCUT2D eigenvalue weighted by atomic mass is 16.2. The third-order valence-corrected chi connectivity index (χ3v) is 3.71. The molecule has 1 aromatic rings. The van der Waals surface area contributed by atoms with Crippen LogP contribution in [0.3, 0.4) is 0 Å². The van der Waals surface area contributed by atoms with Crippen LogP contribution in [0.25, 0.3) is 0 Å². The molecule has 2 heterocycles. The van der Waals surface area contributed by atoms with E-state index in [1.165, 1.54) is 0 Å². The van der Waals surface area contributed by atoms with Gasteiger partial charge in [0.25, 0.3) is 0 Å². The minimum absolute atomic E-state index is 0.0346. The number of rotatable bonds is 3. The number of piperazine rings is 1. The molecule has 1 aliphatic rings. The fourth-order valence-electron chi connectivity index (χ4n) is 2.37. The smallest absolute Gasteiger partial charge is 0.317 e. The maximum Gasteiger partial charge on any atom is 0.317 e. The first-order valence-corrected chi connectivity index (χ1v) is 7.77. The fourth-order valence-corrected chi connectivity index (χ4v) is 2.37. The third kappa shape index (κ3) is 4.79. The molecule has 0 aromatic carbocycles. The average Bonchev–Trinajstić information content (AvgIpc) is 2.97. The van der Waals surface area contributed by atoms with Crippen molar-refractivity contribution < 1.29 is 9.59 Å². The van der Waals surface area contributed by atoms with E-state index in [0.717, 1.165) is 5.56 Å². The Morgan fingerprint density at radius 1 is 1.18 bits per heavy atom. The summed E-state index contributed by atoms with van der Waals surface area (Å²) in [6.07, 6.45) is 4.08. The molecule has 2 rings (SSSR count). The SMILES string of the molecule is CC(C)(C)CNC(=O)N1CCN(C(=O)Cc2cc[nH]c2)CC1. The van der Waals surface area contributed by atoms with Crippen LogP contribution in [0.1, 0.15) is 26.3 Å². The number of H-pyrrole nitrogens is 1. The Morgan fingerprint density at radius 2 is 1.82 bits per heavy atom. The molecule has 122 valence electrons. The molecule has 1 aromatic heterocycles. The summed E-state index contributed by atoms with van der Waals surface area (Å²) in [6.45, 7) is 9.31. The summed E-state index contributed by atoms with van der Waals surface area (Å²) >= 11 is 0. The lowest BCUT2D eigenvalue weighted by molar-refractivity contribution is -0.131. The van der Waals surface area contributed by atoms with Crippen molar-refractivity contribution in [2.24, 2.45) is 5.41 Å². The van der Waals surface area contributed by atoms with Crippen LogP contribution in [0.5, 0.6) is 0 Å². The van der Waals surface area contributed by atoms with Gasteiger partial charge in [0, 0.05) is 45.1 Å². The molecule has 0 saturated carbocycles. The van der Waals surface area contributed by atoms with E-state index < -0.39 is 0 Å². The van der Waals surface area contributed by atoms with Crippen LogP contribution in [0.4, 0.5) is 4.79 Å². The molecule has 1 saturated heterocycles. The topological polar surface area (TPSA) is 68.4 Å². The number of nitrogens with one attached hydrogen (secondary N) is 2. The van der Waals surface area contributed by atoms with Crippen molar-refractivity contribution in [3.05, 3.63) is 24.0 Å². The standard InChI is InChI=1S/C16H26N4O2/c1-16(2,3)12-18-15(22)20-8-6-19(7-9-20)14(21)10-13-4-5-17-11-13/h4-5,11,17H,6-10,12H2,1-3H3,(H,18,22). The van der Waals surface area contributed by atoms with Gasteiger partial charge in [-0.25, -0.2) is 4.79 Å². The van der Waals surface area contributed by atoms with E-state index in [1.807, 2.05) is 23.4 Å². The van der Waals surface area contributed by atoms with E-state index in [2.05, 4.69) is 31.1 Å². The summed E-state index contributed by atoms with van der Waals surface area (Å²) in [5.41, 5.74) is 1.07. The summed E-state index contributed by atoms with van der Waals surface area (Å²) in [5, 5.41) is 2.95. The minimum atomic E-state index is -0.0346. The van der Waals surface area contributed by atoms with Crippen LogP contribution in [-0.2, 0) is 11.2 Å². The zero-order valence-electron chi connectivity index (χ0n) is 13.7. The van der Waals surface area contributed by atoms with Gasteiger partial charge in [0.2, 0.25) is 5.91 Å². The lowest BCUT2D eigenvalue weighted by Gasteiger charge is -2.35. The molecular weight excluding hydrogens is 280 g/mol. The molecule has 0 atom stereocenters. The molecule has 6 heteroatoms. The van der Waals surface area contributed by atoms with E-state index >= 15 is 0 Å². The van der Waals surface area contributed by atoms with Gasteiger partial charge in [0.05, 0.1) is 6.42 Å². The second kappa shape index (κ2) is 6.85. The summed E-state index contributed by atoms with van der Waals surface area (Å²) < 4.78 is 0. The van der Waals surface area contributed by atoms with Gasteiger partial charge in [-0.05, 0) is 17.0 Å². The molecule has 0 radical (unpaired) electrons. The van der Waals surface area contributed by atoms with Crippen LogP contribution >= 0.6 is 0 Å². The van der Waals surface area contributed by atoms with Crippen LogP contribution in [0, 0.1) is 5.41 Å². The number of carbonyl (C=O) groups is 2. The molecular formula is C16H26N4O2. The largest absolute Gasteiger partial charge is 0.367 e. The van der Waals surface area contributed by atoms with Crippen molar-refractivity contribution in [2.75, 3.05) is 32.7 Å². The van der Waals surface area contributed by atoms with E-state index in [9.17, 15) is 9.59 Å². The molecule has 0 spiro atoms. The Kier molecular flexibility index (Phi) is 5.11. The highest BCUT2D eigenvalue weighted by molar-refractivity contribution is 5.79. The highest BCUT2D eigenvalue weighted by Crippen LogP contribution is 2.11. The van der Waals surface area contributed by atoms with E-state index in [1.54, 1.807) is 4.90 Å². The second-order valence-corrected chi connectivity index (χ2v) is 6.98. The van der Waals surface area contributed by atoms with Crippen molar-refractivity contribution in [2.45, 2.75) is 27.2 Å². The third-order valence-electron chi connectivity index (χ3n) is 3.71. The van der Waals surface area contributed by atoms with E-state index in [-0.39, 0.29) is 17.4 Å². The van der Waals surface area contributed by atoms with Gasteiger partial charge >= 0.3 is 6.03 Å². The highest BCUT2D eigenvalue weighted by Gasteiger charge is 2.24. The number of hydrogen-bond donors (Lipinski definition) is 2. The zero-order valence-corrected chi connectivity index (χ0v) is 13.7. The first-order valence-electron chi connectivity index (χ1n) is 7.77. The Morgan fingerprint density at radius 3 is 2.36 bits per heavy atom. The first-order chi connectivity index (χ1) is 10.3. The summed E-state index contributed by atoms with van der Waals surface area (Å²) in [6, 6.07) is 1.88. The van der Waals surface area contributed by atoms with Gasteiger partial charge in [-0.3, -0.25) is 4.79 Å². The number of carbonyl (C=O) groups excluding carboxylic acids is 2. The first kappa shape index (κ1) is 16.4. The van der Waals surface area contributed by atoms with Gasteiger partial charge < -0.3 is 20.1 Å². The Hall–Kier alpha value is -1.98. The Bertz CT molecular complexity index is 497. The van der Waals surface area contributed by atoms with Crippen LogP contribution < -0.4 is 5.32 Å². The molecule has 0 aliphatic carbocycles. The number of urea groups is 1. The number of amides is 3. The summed E-state index contributed by atoms with van der Waals surface area (Å²) in [5.74, 6) is 0.120.